The number of anilines is 3. The number of urea groups is 1. The van der Waals surface area contributed by atoms with Crippen LogP contribution < -0.4 is 20.9 Å². The van der Waals surface area contributed by atoms with Gasteiger partial charge in [-0.25, -0.2) is 9.78 Å². The second kappa shape index (κ2) is 9.50. The average Bonchev–Trinajstić information content (AvgIpc) is 2.63. The van der Waals surface area contributed by atoms with Crippen molar-refractivity contribution in [2.45, 2.75) is 44.7 Å². The van der Waals surface area contributed by atoms with E-state index in [2.05, 4.69) is 25.9 Å². The molecule has 1 saturated carbocycles. The summed E-state index contributed by atoms with van der Waals surface area (Å²) in [4.78, 5) is 23.2. The Kier molecular flexibility index (Phi) is 7.03. The molecule has 9 heteroatoms. The molecule has 0 unspecified atom stereocenters. The fraction of sp³-hybridized carbons (Fsp3) is 0.450. The molecule has 0 saturated heterocycles. The van der Waals surface area contributed by atoms with Gasteiger partial charge in [-0.2, -0.15) is 4.98 Å². The third kappa shape index (κ3) is 6.11. The summed E-state index contributed by atoms with van der Waals surface area (Å²) in [6.45, 7) is 2.00. The second-order valence-electron chi connectivity index (χ2n) is 7.54. The summed E-state index contributed by atoms with van der Waals surface area (Å²) in [5.74, 6) is 1.56. The molecule has 0 bridgehead atoms. The van der Waals surface area contributed by atoms with E-state index < -0.39 is 0 Å². The average molecular weight is 437 g/mol. The summed E-state index contributed by atoms with van der Waals surface area (Å²) in [7, 11) is 3.94. The number of amides is 2. The molecule has 7 nitrogen and oxygen atoms in total. The predicted molar refractivity (Wildman–Crippen MR) is 119 cm³/mol. The molecule has 1 aromatic carbocycles. The molecule has 2 aromatic rings. The Morgan fingerprint density at radius 2 is 1.69 bits per heavy atom. The number of aryl methyl sites for hydroxylation is 1. The highest BCUT2D eigenvalue weighted by atomic mass is 35.5. The molecule has 1 aliphatic carbocycles. The van der Waals surface area contributed by atoms with Gasteiger partial charge in [0.15, 0.2) is 0 Å². The Morgan fingerprint density at radius 3 is 2.31 bits per heavy atom. The first-order valence-corrected chi connectivity index (χ1v) is 10.4. The van der Waals surface area contributed by atoms with Gasteiger partial charge in [0.2, 0.25) is 5.95 Å². The van der Waals surface area contributed by atoms with Gasteiger partial charge in [-0.3, -0.25) is 0 Å². The van der Waals surface area contributed by atoms with Gasteiger partial charge in [0.05, 0.1) is 0 Å². The Bertz CT molecular complexity index is 848. The van der Waals surface area contributed by atoms with E-state index in [1.807, 2.05) is 32.1 Å². The molecule has 0 radical (unpaired) electrons. The normalized spacial score (nSPS) is 18.8. The van der Waals surface area contributed by atoms with Crippen LogP contribution in [0.4, 0.5) is 22.2 Å². The number of nitrogens with zero attached hydrogens (tertiary/aromatic N) is 3. The third-order valence-electron chi connectivity index (χ3n) is 4.88. The van der Waals surface area contributed by atoms with E-state index in [0.29, 0.717) is 27.7 Å². The molecule has 156 valence electrons. The molecular weight excluding hydrogens is 411 g/mol. The monoisotopic (exact) mass is 436 g/mol. The maximum absolute atomic E-state index is 12.3. The van der Waals surface area contributed by atoms with Crippen molar-refractivity contribution in [3.8, 4) is 0 Å². The first-order chi connectivity index (χ1) is 13.8. The van der Waals surface area contributed by atoms with Gasteiger partial charge in [0, 0.05) is 53.7 Å². The summed E-state index contributed by atoms with van der Waals surface area (Å²) in [5, 5.41) is 10.2. The van der Waals surface area contributed by atoms with Crippen molar-refractivity contribution >= 4 is 46.7 Å². The quantitative estimate of drug-likeness (QED) is 0.632. The lowest BCUT2D eigenvalue weighted by Gasteiger charge is -2.30. The van der Waals surface area contributed by atoms with Crippen molar-refractivity contribution in [1.82, 2.24) is 15.3 Å². The fourth-order valence-electron chi connectivity index (χ4n) is 3.50. The van der Waals surface area contributed by atoms with Crippen LogP contribution in [0.2, 0.25) is 10.0 Å². The van der Waals surface area contributed by atoms with Gasteiger partial charge in [0.25, 0.3) is 0 Å². The van der Waals surface area contributed by atoms with Crippen molar-refractivity contribution in [3.63, 3.8) is 0 Å². The van der Waals surface area contributed by atoms with E-state index in [4.69, 9.17) is 23.2 Å². The lowest BCUT2D eigenvalue weighted by atomic mass is 9.91. The molecule has 1 fully saturated rings. The van der Waals surface area contributed by atoms with Gasteiger partial charge in [-0.15, -0.1) is 0 Å². The molecule has 0 aliphatic heterocycles. The van der Waals surface area contributed by atoms with Crippen molar-refractivity contribution in [1.29, 1.82) is 0 Å². The Hall–Kier alpha value is -2.25. The summed E-state index contributed by atoms with van der Waals surface area (Å²) >= 11 is 11.9. The van der Waals surface area contributed by atoms with E-state index >= 15 is 0 Å². The molecular formula is C20H26Cl2N6O. The number of halogens is 2. The van der Waals surface area contributed by atoms with Gasteiger partial charge >= 0.3 is 6.03 Å². The van der Waals surface area contributed by atoms with Crippen LogP contribution >= 0.6 is 23.2 Å². The number of benzene rings is 1. The summed E-state index contributed by atoms with van der Waals surface area (Å²) in [5.41, 5.74) is 1.61. The van der Waals surface area contributed by atoms with Gasteiger partial charge in [-0.1, -0.05) is 23.2 Å². The van der Waals surface area contributed by atoms with E-state index in [1.165, 1.54) is 0 Å². The highest BCUT2D eigenvalue weighted by Crippen LogP contribution is 2.24. The first kappa shape index (κ1) is 21.5. The van der Waals surface area contributed by atoms with Crippen molar-refractivity contribution in [3.05, 3.63) is 40.0 Å². The van der Waals surface area contributed by atoms with Crippen molar-refractivity contribution in [2.24, 2.45) is 0 Å². The third-order valence-corrected chi connectivity index (χ3v) is 5.32. The number of nitrogens with one attached hydrogen (secondary N) is 3. The molecule has 2 amide bonds. The van der Waals surface area contributed by atoms with E-state index in [1.54, 1.807) is 18.2 Å². The van der Waals surface area contributed by atoms with Gasteiger partial charge < -0.3 is 20.9 Å². The summed E-state index contributed by atoms with van der Waals surface area (Å²) in [6.07, 6.45) is 5.47. The Balaban J connectivity index is 1.48. The maximum Gasteiger partial charge on any atom is 0.319 e. The number of hydrogen-bond donors (Lipinski definition) is 3. The van der Waals surface area contributed by atoms with Crippen LogP contribution in [-0.2, 0) is 0 Å². The molecule has 0 spiro atoms. The van der Waals surface area contributed by atoms with E-state index in [0.717, 1.165) is 37.1 Å². The zero-order valence-electron chi connectivity index (χ0n) is 16.8. The summed E-state index contributed by atoms with van der Waals surface area (Å²) < 4.78 is 0. The molecule has 3 rings (SSSR count). The zero-order valence-corrected chi connectivity index (χ0v) is 18.3. The standard InChI is InChI=1S/C20H26Cl2N6O/c1-12-11-23-19(27-18(12)28(2)3)24-15-4-6-16(7-5-15)25-20(29)26-17-9-13(21)8-14(22)10-17/h8-11,15-16H,4-7H2,1-3H3,(H,23,24,27)(H2,25,26,29)/t15-,16+. The maximum atomic E-state index is 12.3. The molecule has 29 heavy (non-hydrogen) atoms. The minimum atomic E-state index is -0.253. The van der Waals surface area contributed by atoms with Crippen molar-refractivity contribution < 1.29 is 4.79 Å². The predicted octanol–water partition coefficient (Wildman–Crippen LogP) is 4.70. The zero-order chi connectivity index (χ0) is 21.0. The highest BCUT2D eigenvalue weighted by molar-refractivity contribution is 6.35. The van der Waals surface area contributed by atoms with Gasteiger partial charge in [0.1, 0.15) is 5.82 Å². The molecule has 1 aromatic heterocycles. The van der Waals surface area contributed by atoms with Crippen LogP contribution in [0.5, 0.6) is 0 Å². The lowest BCUT2D eigenvalue weighted by molar-refractivity contribution is 0.243. The molecule has 0 atom stereocenters. The smallest absolute Gasteiger partial charge is 0.319 e. The van der Waals surface area contributed by atoms with E-state index in [-0.39, 0.29) is 12.1 Å². The van der Waals surface area contributed by atoms with Crippen LogP contribution in [0.3, 0.4) is 0 Å². The lowest BCUT2D eigenvalue weighted by Crippen LogP contribution is -2.42. The highest BCUT2D eigenvalue weighted by Gasteiger charge is 2.23. The van der Waals surface area contributed by atoms with Crippen LogP contribution in [0.1, 0.15) is 31.2 Å². The Labute approximate surface area is 181 Å². The number of rotatable bonds is 5. The number of hydrogen-bond acceptors (Lipinski definition) is 5. The number of carbonyl (C=O) groups is 1. The number of carbonyl (C=O) groups excluding carboxylic acids is 1. The van der Waals surface area contributed by atoms with Crippen LogP contribution in [0.25, 0.3) is 0 Å². The largest absolute Gasteiger partial charge is 0.362 e. The molecule has 1 heterocycles. The second-order valence-corrected chi connectivity index (χ2v) is 8.42. The van der Waals surface area contributed by atoms with E-state index in [9.17, 15) is 4.79 Å². The first-order valence-electron chi connectivity index (χ1n) is 9.61. The Morgan fingerprint density at radius 1 is 1.07 bits per heavy atom. The minimum Gasteiger partial charge on any atom is -0.362 e. The van der Waals surface area contributed by atoms with Crippen LogP contribution in [-0.4, -0.2) is 42.2 Å². The van der Waals surface area contributed by atoms with Crippen LogP contribution in [0, 0.1) is 6.92 Å². The van der Waals surface area contributed by atoms with Crippen LogP contribution in [0.15, 0.2) is 24.4 Å². The fourth-order valence-corrected chi connectivity index (χ4v) is 4.02. The molecule has 1 aliphatic rings. The topological polar surface area (TPSA) is 82.2 Å². The summed E-state index contributed by atoms with van der Waals surface area (Å²) in [6, 6.07) is 5.12. The molecule has 3 N–H and O–H groups in total. The SMILES string of the molecule is Cc1cnc(N[C@H]2CC[C@@H](NC(=O)Nc3cc(Cl)cc(Cl)c3)CC2)nc1N(C)C. The minimum absolute atomic E-state index is 0.124. The van der Waals surface area contributed by atoms with Gasteiger partial charge in [-0.05, 0) is 50.8 Å². The number of aromatic nitrogens is 2. The van der Waals surface area contributed by atoms with Crippen molar-refractivity contribution in [2.75, 3.05) is 29.6 Å².